The van der Waals surface area contributed by atoms with Crippen LogP contribution in [0.2, 0.25) is 5.02 Å². The van der Waals surface area contributed by atoms with Gasteiger partial charge in [0.2, 0.25) is 5.95 Å². The molecule has 0 bridgehead atoms. The van der Waals surface area contributed by atoms with Crippen LogP contribution in [0.5, 0.6) is 0 Å². The van der Waals surface area contributed by atoms with Crippen LogP contribution < -0.4 is 22.3 Å². The predicted octanol–water partition coefficient (Wildman–Crippen LogP) is 2.25. The number of H-pyrrole nitrogens is 1. The molecule has 5 aromatic rings. The summed E-state index contributed by atoms with van der Waals surface area (Å²) in [4.78, 5) is 30.7. The van der Waals surface area contributed by atoms with Crippen LogP contribution in [-0.2, 0) is 0 Å². The molecule has 14 heteroatoms. The summed E-state index contributed by atoms with van der Waals surface area (Å²) < 4.78 is 6.64. The number of aryl methyl sites for hydroxylation is 1. The van der Waals surface area contributed by atoms with Crippen LogP contribution in [-0.4, -0.2) is 39.9 Å². The first-order valence-electron chi connectivity index (χ1n) is 10.0. The Bertz CT molecular complexity index is 1580. The zero-order valence-corrected chi connectivity index (χ0v) is 18.7. The van der Waals surface area contributed by atoms with E-state index in [-0.39, 0.29) is 45.0 Å². The van der Waals surface area contributed by atoms with Gasteiger partial charge in [0.1, 0.15) is 23.0 Å². The highest BCUT2D eigenvalue weighted by atomic mass is 35.5. The summed E-state index contributed by atoms with van der Waals surface area (Å²) in [7, 11) is 0. The van der Waals surface area contributed by atoms with Gasteiger partial charge < -0.3 is 21.3 Å². The Balaban J connectivity index is 1.68. The maximum atomic E-state index is 13.5. The lowest BCUT2D eigenvalue weighted by atomic mass is 10.2. The van der Waals surface area contributed by atoms with Crippen LogP contribution in [0.4, 0.5) is 17.6 Å². The number of nitrogens with two attached hydrogens (primary N) is 2. The molecule has 13 nitrogen and oxygen atoms in total. The monoisotopic (exact) mass is 479 g/mol. The Morgan fingerprint density at radius 2 is 2.00 bits per heavy atom. The quantitative estimate of drug-likeness (QED) is 0.288. The lowest BCUT2D eigenvalue weighted by Crippen LogP contribution is -2.28. The number of anilines is 3. The van der Waals surface area contributed by atoms with Crippen molar-refractivity contribution < 1.29 is 4.52 Å². The van der Waals surface area contributed by atoms with Crippen molar-refractivity contribution in [2.75, 3.05) is 16.8 Å². The molecule has 34 heavy (non-hydrogen) atoms. The number of nitrogens with one attached hydrogen (secondary N) is 2. The molecule has 0 fully saturated rings. The van der Waals surface area contributed by atoms with Gasteiger partial charge in [0, 0.05) is 12.3 Å². The number of nitrogens with zero attached hydrogens (tertiary/aromatic N) is 7. The van der Waals surface area contributed by atoms with Crippen LogP contribution in [0, 0.1) is 6.92 Å². The van der Waals surface area contributed by atoms with E-state index in [0.717, 1.165) is 0 Å². The molecule has 5 rings (SSSR count). The second-order valence-corrected chi connectivity index (χ2v) is 7.79. The lowest BCUT2D eigenvalue weighted by molar-refractivity contribution is 0.425. The minimum absolute atomic E-state index is 0.0498. The number of rotatable bonds is 5. The van der Waals surface area contributed by atoms with Crippen molar-refractivity contribution in [3.8, 4) is 17.3 Å². The van der Waals surface area contributed by atoms with E-state index in [1.54, 1.807) is 44.3 Å². The van der Waals surface area contributed by atoms with E-state index >= 15 is 0 Å². The molecule has 4 heterocycles. The van der Waals surface area contributed by atoms with Crippen LogP contribution in [0.25, 0.3) is 28.2 Å². The van der Waals surface area contributed by atoms with Gasteiger partial charge in [0.25, 0.3) is 11.4 Å². The first-order chi connectivity index (χ1) is 16.3. The van der Waals surface area contributed by atoms with Gasteiger partial charge in [0.05, 0.1) is 22.0 Å². The van der Waals surface area contributed by atoms with E-state index in [9.17, 15) is 4.79 Å². The molecule has 0 aliphatic rings. The average molecular weight is 480 g/mol. The van der Waals surface area contributed by atoms with Crippen LogP contribution in [0.1, 0.15) is 24.6 Å². The fraction of sp³-hybridized carbons (Fsp3) is 0.150. The zero-order valence-electron chi connectivity index (χ0n) is 17.9. The van der Waals surface area contributed by atoms with Crippen molar-refractivity contribution in [3.63, 3.8) is 0 Å². The third-order valence-corrected chi connectivity index (χ3v) is 5.34. The number of hydrogen-bond donors (Lipinski definition) is 4. The molecule has 0 amide bonds. The van der Waals surface area contributed by atoms with E-state index in [1.165, 1.54) is 4.57 Å². The number of hydrogen-bond acceptors (Lipinski definition) is 11. The summed E-state index contributed by atoms with van der Waals surface area (Å²) in [5.74, 6) is 1.44. The van der Waals surface area contributed by atoms with Crippen molar-refractivity contribution in [2.45, 2.75) is 19.9 Å². The minimum atomic E-state index is -0.593. The van der Waals surface area contributed by atoms with Crippen molar-refractivity contribution in [1.82, 2.24) is 39.9 Å². The SMILES string of the molecule is Cc1noc(-c2c(N)nc(N)nc2NC(C)c2nc3cccc(Cl)c3c(=O)n2-c2cc[nH]n2)n1. The number of aromatic nitrogens is 8. The highest BCUT2D eigenvalue weighted by molar-refractivity contribution is 6.35. The Morgan fingerprint density at radius 3 is 2.71 bits per heavy atom. The molecule has 4 aromatic heterocycles. The fourth-order valence-corrected chi connectivity index (χ4v) is 3.83. The van der Waals surface area contributed by atoms with Crippen molar-refractivity contribution in [2.24, 2.45) is 0 Å². The molecule has 6 N–H and O–H groups in total. The Hall–Kier alpha value is -4.52. The molecule has 0 saturated heterocycles. The topological polar surface area (TPSA) is 192 Å². The van der Waals surface area contributed by atoms with Crippen molar-refractivity contribution in [1.29, 1.82) is 0 Å². The maximum absolute atomic E-state index is 13.5. The van der Waals surface area contributed by atoms with Crippen LogP contribution in [0.3, 0.4) is 0 Å². The molecule has 0 aliphatic carbocycles. The van der Waals surface area contributed by atoms with Crippen LogP contribution in [0.15, 0.2) is 39.8 Å². The molecule has 0 saturated carbocycles. The molecule has 0 radical (unpaired) electrons. The summed E-state index contributed by atoms with van der Waals surface area (Å²) >= 11 is 6.32. The zero-order chi connectivity index (χ0) is 24.0. The molecular formula is C20H18ClN11O2. The summed E-state index contributed by atoms with van der Waals surface area (Å²) in [6.07, 6.45) is 1.60. The minimum Gasteiger partial charge on any atom is -0.383 e. The second kappa shape index (κ2) is 8.12. The van der Waals surface area contributed by atoms with Crippen molar-refractivity contribution in [3.05, 3.63) is 57.5 Å². The third kappa shape index (κ3) is 3.57. The first-order valence-corrected chi connectivity index (χ1v) is 10.4. The molecule has 1 unspecified atom stereocenters. The smallest absolute Gasteiger partial charge is 0.268 e. The molecule has 0 spiro atoms. The van der Waals surface area contributed by atoms with Gasteiger partial charge in [-0.25, -0.2) is 9.55 Å². The summed E-state index contributed by atoms with van der Waals surface area (Å²) in [6.45, 7) is 3.46. The molecular weight excluding hydrogens is 462 g/mol. The van der Waals surface area contributed by atoms with Gasteiger partial charge in [-0.15, -0.1) is 0 Å². The lowest BCUT2D eigenvalue weighted by Gasteiger charge is -2.20. The van der Waals surface area contributed by atoms with E-state index < -0.39 is 6.04 Å². The number of nitrogen functional groups attached to an aromatic ring is 2. The van der Waals surface area contributed by atoms with Crippen LogP contribution >= 0.6 is 11.6 Å². The highest BCUT2D eigenvalue weighted by Gasteiger charge is 2.24. The van der Waals surface area contributed by atoms with Gasteiger partial charge in [0.15, 0.2) is 11.6 Å². The van der Waals surface area contributed by atoms with Gasteiger partial charge in [-0.05, 0) is 26.0 Å². The average Bonchev–Trinajstić information content (AvgIpc) is 3.45. The summed E-state index contributed by atoms with van der Waals surface area (Å²) in [6, 6.07) is 6.12. The third-order valence-electron chi connectivity index (χ3n) is 5.02. The Morgan fingerprint density at radius 1 is 1.18 bits per heavy atom. The molecule has 1 atom stereocenters. The van der Waals surface area contributed by atoms with Gasteiger partial charge in [-0.2, -0.15) is 20.1 Å². The summed E-state index contributed by atoms with van der Waals surface area (Å²) in [5, 5.41) is 14.4. The van der Waals surface area contributed by atoms with Gasteiger partial charge in [-0.3, -0.25) is 9.89 Å². The predicted molar refractivity (Wildman–Crippen MR) is 125 cm³/mol. The Kier molecular flexibility index (Phi) is 5.09. The van der Waals surface area contributed by atoms with E-state index in [2.05, 4.69) is 35.6 Å². The Labute approximate surface area is 196 Å². The largest absolute Gasteiger partial charge is 0.383 e. The van der Waals surface area contributed by atoms with Crippen molar-refractivity contribution >= 4 is 40.1 Å². The van der Waals surface area contributed by atoms with E-state index in [4.69, 9.17) is 32.6 Å². The number of benzene rings is 1. The second-order valence-electron chi connectivity index (χ2n) is 7.38. The normalized spacial score (nSPS) is 12.2. The maximum Gasteiger partial charge on any atom is 0.268 e. The van der Waals surface area contributed by atoms with Gasteiger partial charge >= 0.3 is 0 Å². The summed E-state index contributed by atoms with van der Waals surface area (Å²) in [5.41, 5.74) is 12.3. The molecule has 0 aliphatic heterocycles. The van der Waals surface area contributed by atoms with E-state index in [0.29, 0.717) is 23.0 Å². The number of halogens is 1. The molecule has 172 valence electrons. The van der Waals surface area contributed by atoms with E-state index in [1.807, 2.05) is 0 Å². The molecule has 1 aromatic carbocycles. The number of aromatic amines is 1. The number of fused-ring (bicyclic) bond motifs is 1. The standard InChI is InChI=1S/C20H18ClN11O2/c1-8(25-16-14(15(22)28-20(23)29-16)18-26-9(2)31-34-18)17-27-11-5-3-4-10(21)13(11)19(33)32(17)12-6-7-24-30-12/h3-8H,1-2H3,(H,24,30)(H5,22,23,25,28,29). The highest BCUT2D eigenvalue weighted by Crippen LogP contribution is 2.33. The first kappa shape index (κ1) is 21.3. The van der Waals surface area contributed by atoms with Gasteiger partial charge in [-0.1, -0.05) is 22.8 Å². The fourth-order valence-electron chi connectivity index (χ4n) is 3.58.